The van der Waals surface area contributed by atoms with Crippen molar-refractivity contribution in [3.05, 3.63) is 30.4 Å². The molecule has 1 radical (unpaired) electrons. The molecule has 4 nitrogen and oxygen atoms in total. The fourth-order valence-corrected chi connectivity index (χ4v) is 1.21. The van der Waals surface area contributed by atoms with Crippen molar-refractivity contribution < 1.29 is 19.0 Å². The Hall–Kier alpha value is -1.55. The van der Waals surface area contributed by atoms with Crippen LogP contribution < -0.4 is 9.47 Å². The molecule has 0 spiro atoms. The number of hydrogen-bond acceptors (Lipinski definition) is 4. The van der Waals surface area contributed by atoms with Gasteiger partial charge in [0.15, 0.2) is 11.5 Å². The Balaban J connectivity index is 2.61. The van der Waals surface area contributed by atoms with Crippen LogP contribution in [0.2, 0.25) is 0 Å². The van der Waals surface area contributed by atoms with Gasteiger partial charge in [-0.3, -0.25) is 4.79 Å². The molecule has 1 rings (SSSR count). The lowest BCUT2D eigenvalue weighted by Crippen LogP contribution is -2.00. The molecule has 0 aliphatic heterocycles. The minimum atomic E-state index is 0.505. The van der Waals surface area contributed by atoms with E-state index in [1.165, 1.54) is 7.11 Å². The van der Waals surface area contributed by atoms with Crippen molar-refractivity contribution in [2.45, 2.75) is 6.42 Å². The number of aldehydes is 1. The number of carbonyl (C=O) groups excluding carboxylic acids is 1. The maximum atomic E-state index is 10.6. The van der Waals surface area contributed by atoms with Gasteiger partial charge in [0.25, 0.3) is 0 Å². The van der Waals surface area contributed by atoms with E-state index in [0.717, 1.165) is 6.29 Å². The first kappa shape index (κ1) is 12.5. The molecule has 0 aliphatic rings. The maximum Gasteiger partial charge on any atom is 0.161 e. The molecule has 0 N–H and O–H groups in total. The number of benzene rings is 1. The second-order valence-corrected chi connectivity index (χ2v) is 3.07. The molecule has 4 heteroatoms. The van der Waals surface area contributed by atoms with Crippen LogP contribution in [0.5, 0.6) is 11.5 Å². The van der Waals surface area contributed by atoms with E-state index in [9.17, 15) is 4.79 Å². The van der Waals surface area contributed by atoms with Crippen molar-refractivity contribution >= 4 is 6.29 Å². The number of methoxy groups -OCH3 is 2. The average molecular weight is 223 g/mol. The molecule has 0 amide bonds. The smallest absolute Gasteiger partial charge is 0.161 e. The predicted octanol–water partition coefficient (Wildman–Crippen LogP) is 2.08. The highest BCUT2D eigenvalue weighted by Crippen LogP contribution is 2.27. The van der Waals surface area contributed by atoms with Crippen LogP contribution in [0.15, 0.2) is 18.2 Å². The van der Waals surface area contributed by atoms with Crippen LogP contribution in [0, 0.1) is 6.61 Å². The van der Waals surface area contributed by atoms with Gasteiger partial charge in [-0.1, -0.05) is 0 Å². The molecule has 1 aromatic rings. The third-order valence-electron chi connectivity index (χ3n) is 1.98. The molecule has 0 fully saturated rings. The van der Waals surface area contributed by atoms with Crippen LogP contribution in [0.1, 0.15) is 16.8 Å². The quantitative estimate of drug-likeness (QED) is 0.524. The van der Waals surface area contributed by atoms with Crippen molar-refractivity contribution in [2.24, 2.45) is 0 Å². The topological polar surface area (TPSA) is 44.8 Å². The third-order valence-corrected chi connectivity index (χ3v) is 1.98. The number of ether oxygens (including phenoxy) is 3. The van der Waals surface area contributed by atoms with Crippen LogP contribution >= 0.6 is 0 Å². The molecule has 0 bridgehead atoms. The third kappa shape index (κ3) is 3.55. The van der Waals surface area contributed by atoms with Crippen molar-refractivity contribution in [3.8, 4) is 11.5 Å². The maximum absolute atomic E-state index is 10.6. The Labute approximate surface area is 95.1 Å². The molecule has 0 heterocycles. The molecule has 0 unspecified atom stereocenters. The Morgan fingerprint density at radius 2 is 2.06 bits per heavy atom. The standard InChI is InChI=1S/C12H15O4/c1-14-6-3-7-16-11-5-4-10(9-13)8-12(11)15-2/h4-6,8-9H,3,7H2,1-2H3. The minimum absolute atomic E-state index is 0.505. The molecule has 0 atom stereocenters. The summed E-state index contributed by atoms with van der Waals surface area (Å²) < 4.78 is 15.4. The Morgan fingerprint density at radius 1 is 1.25 bits per heavy atom. The van der Waals surface area contributed by atoms with Crippen LogP contribution in [0.4, 0.5) is 0 Å². The van der Waals surface area contributed by atoms with E-state index in [-0.39, 0.29) is 0 Å². The van der Waals surface area contributed by atoms with E-state index in [0.29, 0.717) is 30.1 Å². The van der Waals surface area contributed by atoms with Gasteiger partial charge >= 0.3 is 0 Å². The van der Waals surface area contributed by atoms with E-state index in [4.69, 9.17) is 14.2 Å². The van der Waals surface area contributed by atoms with Gasteiger partial charge < -0.3 is 14.2 Å². The predicted molar refractivity (Wildman–Crippen MR) is 59.8 cm³/mol. The summed E-state index contributed by atoms with van der Waals surface area (Å²) in [4.78, 5) is 10.6. The van der Waals surface area contributed by atoms with Crippen LogP contribution in [-0.2, 0) is 4.74 Å². The molecule has 0 saturated carbocycles. The van der Waals surface area contributed by atoms with Gasteiger partial charge in [-0.05, 0) is 18.2 Å². The fraction of sp³-hybridized carbons (Fsp3) is 0.333. The normalized spacial score (nSPS) is 9.88. The van der Waals surface area contributed by atoms with Crippen molar-refractivity contribution in [1.82, 2.24) is 0 Å². The first-order chi connectivity index (χ1) is 7.81. The highest BCUT2D eigenvalue weighted by atomic mass is 16.5. The average Bonchev–Trinajstić information content (AvgIpc) is 2.34. The van der Waals surface area contributed by atoms with E-state index < -0.39 is 0 Å². The molecule has 0 aromatic heterocycles. The lowest BCUT2D eigenvalue weighted by Gasteiger charge is -2.10. The zero-order valence-corrected chi connectivity index (χ0v) is 9.43. The van der Waals surface area contributed by atoms with E-state index >= 15 is 0 Å². The summed E-state index contributed by atoms with van der Waals surface area (Å²) in [5, 5.41) is 0. The number of carbonyl (C=O) groups is 1. The SMILES string of the molecule is CO[CH]CCOc1ccc(C=O)cc1OC. The summed E-state index contributed by atoms with van der Waals surface area (Å²) >= 11 is 0. The molecule has 0 saturated heterocycles. The Bertz CT molecular complexity index is 336. The van der Waals surface area contributed by atoms with Crippen molar-refractivity contribution in [3.63, 3.8) is 0 Å². The van der Waals surface area contributed by atoms with Gasteiger partial charge in [-0.25, -0.2) is 0 Å². The zero-order chi connectivity index (χ0) is 11.8. The summed E-state index contributed by atoms with van der Waals surface area (Å²) in [6, 6.07) is 5.04. The molecular weight excluding hydrogens is 208 g/mol. The van der Waals surface area contributed by atoms with E-state index in [2.05, 4.69) is 0 Å². The first-order valence-corrected chi connectivity index (χ1v) is 4.92. The zero-order valence-electron chi connectivity index (χ0n) is 9.43. The fourth-order valence-electron chi connectivity index (χ4n) is 1.21. The van der Waals surface area contributed by atoms with Crippen molar-refractivity contribution in [1.29, 1.82) is 0 Å². The summed E-state index contributed by atoms with van der Waals surface area (Å²) in [7, 11) is 3.14. The molecule has 16 heavy (non-hydrogen) atoms. The molecule has 0 aliphatic carbocycles. The number of rotatable bonds is 7. The van der Waals surface area contributed by atoms with Crippen LogP contribution in [-0.4, -0.2) is 27.1 Å². The van der Waals surface area contributed by atoms with E-state index in [1.54, 1.807) is 31.9 Å². The van der Waals surface area contributed by atoms with Crippen LogP contribution in [0.25, 0.3) is 0 Å². The first-order valence-electron chi connectivity index (χ1n) is 4.92. The van der Waals surface area contributed by atoms with Gasteiger partial charge in [0, 0.05) is 19.1 Å². The summed E-state index contributed by atoms with van der Waals surface area (Å²) in [6.45, 7) is 2.16. The van der Waals surface area contributed by atoms with Gasteiger partial charge in [0.2, 0.25) is 0 Å². The molecule has 87 valence electrons. The minimum Gasteiger partial charge on any atom is -0.493 e. The van der Waals surface area contributed by atoms with E-state index in [1.807, 2.05) is 0 Å². The summed E-state index contributed by atoms with van der Waals surface area (Å²) in [6.07, 6.45) is 1.46. The lowest BCUT2D eigenvalue weighted by atomic mass is 10.2. The highest BCUT2D eigenvalue weighted by Gasteiger charge is 2.05. The van der Waals surface area contributed by atoms with Gasteiger partial charge in [-0.15, -0.1) is 0 Å². The molecule has 1 aromatic carbocycles. The highest BCUT2D eigenvalue weighted by molar-refractivity contribution is 5.76. The van der Waals surface area contributed by atoms with Crippen LogP contribution in [0.3, 0.4) is 0 Å². The second kappa shape index (κ2) is 6.85. The Morgan fingerprint density at radius 3 is 2.69 bits per heavy atom. The Kier molecular flexibility index (Phi) is 5.36. The monoisotopic (exact) mass is 223 g/mol. The molecular formula is C12H15O4. The lowest BCUT2D eigenvalue weighted by molar-refractivity contribution is 0.112. The largest absolute Gasteiger partial charge is 0.493 e. The van der Waals surface area contributed by atoms with Gasteiger partial charge in [-0.2, -0.15) is 0 Å². The summed E-state index contributed by atoms with van der Waals surface area (Å²) in [5.74, 6) is 1.18. The number of hydrogen-bond donors (Lipinski definition) is 0. The second-order valence-electron chi connectivity index (χ2n) is 3.07. The summed E-state index contributed by atoms with van der Waals surface area (Å²) in [5.41, 5.74) is 0.563. The van der Waals surface area contributed by atoms with Gasteiger partial charge in [0.05, 0.1) is 20.3 Å². The van der Waals surface area contributed by atoms with Crippen molar-refractivity contribution in [2.75, 3.05) is 20.8 Å². The van der Waals surface area contributed by atoms with Gasteiger partial charge in [0.1, 0.15) is 6.29 Å².